The van der Waals surface area contributed by atoms with Crippen LogP contribution in [0.25, 0.3) is 0 Å². The average molecular weight is 478 g/mol. The van der Waals surface area contributed by atoms with Gasteiger partial charge < -0.3 is 14.7 Å². The van der Waals surface area contributed by atoms with Crippen molar-refractivity contribution in [1.29, 1.82) is 5.26 Å². The number of hydrogen-bond acceptors (Lipinski definition) is 5. The van der Waals surface area contributed by atoms with Crippen LogP contribution in [0.3, 0.4) is 0 Å². The molecular weight excluding hydrogens is 445 g/mol. The molecule has 1 N–H and O–H groups in total. The Kier molecular flexibility index (Phi) is 5.35. The van der Waals surface area contributed by atoms with Crippen molar-refractivity contribution in [3.05, 3.63) is 41.0 Å². The van der Waals surface area contributed by atoms with Gasteiger partial charge in [-0.3, -0.25) is 0 Å². The predicted molar refractivity (Wildman–Crippen MR) is 128 cm³/mol. The molecule has 2 amide bonds. The third-order valence-electron chi connectivity index (χ3n) is 9.06. The highest BCUT2D eigenvalue weighted by Crippen LogP contribution is 2.59. The number of benzene rings is 1. The molecule has 8 heteroatoms. The van der Waals surface area contributed by atoms with Gasteiger partial charge in [-0.25, -0.2) is 9.18 Å². The van der Waals surface area contributed by atoms with Gasteiger partial charge in [-0.15, -0.1) is 0 Å². The molecule has 4 aliphatic rings. The molecule has 184 valence electrons. The van der Waals surface area contributed by atoms with Crippen LogP contribution in [0.1, 0.15) is 99.4 Å². The summed E-state index contributed by atoms with van der Waals surface area (Å²) >= 11 is 0. The minimum Gasteiger partial charge on any atom is -0.339 e. The number of halogens is 1. The predicted octanol–water partition coefficient (Wildman–Crippen LogP) is 5.79. The fraction of sp³-hybridized carbons (Fsp3) is 0.630. The van der Waals surface area contributed by atoms with Crippen LogP contribution in [-0.2, 0) is 5.41 Å². The molecule has 6 rings (SSSR count). The highest BCUT2D eigenvalue weighted by molar-refractivity contribution is 5.92. The first kappa shape index (κ1) is 22.5. The quantitative estimate of drug-likeness (QED) is 0.601. The van der Waals surface area contributed by atoms with E-state index in [-0.39, 0.29) is 17.4 Å². The number of para-hydroxylation sites is 1. The van der Waals surface area contributed by atoms with Crippen molar-refractivity contribution in [3.8, 4) is 6.07 Å². The zero-order valence-corrected chi connectivity index (χ0v) is 20.2. The number of nitrogens with zero attached hydrogens (tertiary/aromatic N) is 4. The number of carbonyl (C=O) groups excluding carboxylic acids is 1. The SMILES string of the molecule is CC1(c2noc([C@@H]3C[C@@H]3F)n2)CCN(C(=O)Nc2c(C#N)cccc2C2CCC3(CC2)CC3)CC1. The van der Waals surface area contributed by atoms with Gasteiger partial charge in [-0.05, 0) is 80.8 Å². The van der Waals surface area contributed by atoms with Gasteiger partial charge in [0.2, 0.25) is 5.89 Å². The molecule has 0 radical (unpaired) electrons. The first-order valence-electron chi connectivity index (χ1n) is 13.0. The summed E-state index contributed by atoms with van der Waals surface area (Å²) in [6, 6.07) is 7.91. The van der Waals surface area contributed by atoms with Crippen LogP contribution in [-0.4, -0.2) is 40.3 Å². The number of alkyl halides is 1. The lowest BCUT2D eigenvalue weighted by Gasteiger charge is -2.37. The second-order valence-electron chi connectivity index (χ2n) is 11.4. The van der Waals surface area contributed by atoms with Crippen LogP contribution in [0.15, 0.2) is 22.7 Å². The van der Waals surface area contributed by atoms with Crippen molar-refractivity contribution in [2.75, 3.05) is 18.4 Å². The minimum absolute atomic E-state index is 0.169. The summed E-state index contributed by atoms with van der Waals surface area (Å²) < 4.78 is 18.7. The van der Waals surface area contributed by atoms with E-state index in [1.54, 1.807) is 11.0 Å². The van der Waals surface area contributed by atoms with Crippen LogP contribution < -0.4 is 5.32 Å². The van der Waals surface area contributed by atoms with Gasteiger partial charge >= 0.3 is 6.03 Å². The molecule has 4 fully saturated rings. The maximum atomic E-state index is 13.4. The van der Waals surface area contributed by atoms with E-state index >= 15 is 0 Å². The molecule has 0 bridgehead atoms. The maximum Gasteiger partial charge on any atom is 0.321 e. The molecule has 1 spiro atoms. The number of nitriles is 1. The molecule has 1 aromatic carbocycles. The lowest BCUT2D eigenvalue weighted by Crippen LogP contribution is -2.46. The van der Waals surface area contributed by atoms with Crippen molar-refractivity contribution < 1.29 is 13.7 Å². The molecule has 0 unspecified atom stereocenters. The van der Waals surface area contributed by atoms with Gasteiger partial charge in [0.1, 0.15) is 12.2 Å². The minimum atomic E-state index is -0.869. The van der Waals surface area contributed by atoms with Crippen LogP contribution >= 0.6 is 0 Å². The summed E-state index contributed by atoms with van der Waals surface area (Å²) in [4.78, 5) is 19.6. The highest BCUT2D eigenvalue weighted by Gasteiger charge is 2.46. The molecule has 2 aromatic rings. The van der Waals surface area contributed by atoms with E-state index in [2.05, 4.69) is 34.5 Å². The van der Waals surface area contributed by atoms with E-state index in [0.29, 0.717) is 66.7 Å². The first-order valence-corrected chi connectivity index (χ1v) is 13.0. The van der Waals surface area contributed by atoms with Crippen LogP contribution in [0.2, 0.25) is 0 Å². The summed E-state index contributed by atoms with van der Waals surface area (Å²) in [5.41, 5.74) is 2.59. The molecular formula is C27H32FN5O2. The summed E-state index contributed by atoms with van der Waals surface area (Å²) in [6.45, 7) is 3.18. The van der Waals surface area contributed by atoms with E-state index in [0.717, 1.165) is 18.4 Å². The number of nitrogens with one attached hydrogen (secondary N) is 1. The van der Waals surface area contributed by atoms with Crippen molar-refractivity contribution in [3.63, 3.8) is 0 Å². The Morgan fingerprint density at radius 2 is 1.91 bits per heavy atom. The van der Waals surface area contributed by atoms with E-state index < -0.39 is 6.17 Å². The van der Waals surface area contributed by atoms with Gasteiger partial charge in [0, 0.05) is 18.5 Å². The second-order valence-corrected chi connectivity index (χ2v) is 11.4. The number of urea groups is 1. The highest BCUT2D eigenvalue weighted by atomic mass is 19.1. The molecule has 1 aromatic heterocycles. The Balaban J connectivity index is 1.13. The number of likely N-dealkylation sites (tertiary alicyclic amines) is 1. The van der Waals surface area contributed by atoms with E-state index in [9.17, 15) is 14.4 Å². The van der Waals surface area contributed by atoms with Crippen LogP contribution in [0, 0.1) is 16.7 Å². The average Bonchev–Trinajstić information content (AvgIpc) is 3.74. The molecule has 3 aliphatic carbocycles. The van der Waals surface area contributed by atoms with Crippen molar-refractivity contribution >= 4 is 11.7 Å². The van der Waals surface area contributed by atoms with Crippen molar-refractivity contribution in [1.82, 2.24) is 15.0 Å². The zero-order valence-electron chi connectivity index (χ0n) is 20.2. The molecule has 1 saturated heterocycles. The number of anilines is 1. The Bertz CT molecular complexity index is 1160. The van der Waals surface area contributed by atoms with Crippen molar-refractivity contribution in [2.24, 2.45) is 5.41 Å². The fourth-order valence-corrected chi connectivity index (χ4v) is 6.02. The standard InChI is InChI=1S/C27H32FN5O2/c1-26(24-31-23(35-32-24)20-15-21(20)28)11-13-33(14-12-26)25(34)30-22-18(16-29)3-2-4-19(22)17-5-7-27(8-6-17)9-10-27/h2-4,17,20-21H,5-15H2,1H3,(H,30,34)/t20-,21+/m1/s1. The van der Waals surface area contributed by atoms with Gasteiger partial charge in [0.15, 0.2) is 5.82 Å². The summed E-state index contributed by atoms with van der Waals surface area (Å²) in [6.07, 6.45) is 8.43. The molecule has 7 nitrogen and oxygen atoms in total. The van der Waals surface area contributed by atoms with Crippen LogP contribution in [0.4, 0.5) is 14.9 Å². The maximum absolute atomic E-state index is 13.4. The van der Waals surface area contributed by atoms with Gasteiger partial charge in [-0.1, -0.05) is 24.2 Å². The first-order chi connectivity index (χ1) is 16.9. The van der Waals surface area contributed by atoms with Crippen molar-refractivity contribution in [2.45, 2.75) is 88.1 Å². The zero-order chi connectivity index (χ0) is 24.2. The molecule has 2 atom stereocenters. The lowest BCUT2D eigenvalue weighted by molar-refractivity contribution is 0.169. The topological polar surface area (TPSA) is 95.1 Å². The molecule has 2 heterocycles. The number of carbonyl (C=O) groups is 1. The Hall–Kier alpha value is -2.95. The number of aromatic nitrogens is 2. The van der Waals surface area contributed by atoms with E-state index in [1.807, 2.05) is 6.07 Å². The Morgan fingerprint density at radius 1 is 1.20 bits per heavy atom. The van der Waals surface area contributed by atoms with Gasteiger partial charge in [0.05, 0.1) is 17.2 Å². The summed E-state index contributed by atoms with van der Waals surface area (Å²) in [5.74, 6) is 1.13. The smallest absolute Gasteiger partial charge is 0.321 e. The fourth-order valence-electron chi connectivity index (χ4n) is 6.02. The van der Waals surface area contributed by atoms with Gasteiger partial charge in [0.25, 0.3) is 0 Å². The third kappa shape index (κ3) is 4.19. The Morgan fingerprint density at radius 3 is 2.54 bits per heavy atom. The normalized spacial score (nSPS) is 26.8. The molecule has 3 saturated carbocycles. The van der Waals surface area contributed by atoms with Gasteiger partial charge in [-0.2, -0.15) is 10.2 Å². The molecule has 35 heavy (non-hydrogen) atoms. The summed E-state index contributed by atoms with van der Waals surface area (Å²) in [5, 5.41) is 17.0. The Labute approximate surface area is 205 Å². The monoisotopic (exact) mass is 477 g/mol. The second kappa shape index (κ2) is 8.32. The number of piperidine rings is 1. The largest absolute Gasteiger partial charge is 0.339 e. The third-order valence-corrected chi connectivity index (χ3v) is 9.06. The van der Waals surface area contributed by atoms with E-state index in [1.165, 1.54) is 25.7 Å². The number of rotatable bonds is 4. The lowest BCUT2D eigenvalue weighted by atomic mass is 9.76. The van der Waals surface area contributed by atoms with Crippen LogP contribution in [0.5, 0.6) is 0 Å². The number of amides is 2. The summed E-state index contributed by atoms with van der Waals surface area (Å²) in [7, 11) is 0. The van der Waals surface area contributed by atoms with E-state index in [4.69, 9.17) is 4.52 Å². The molecule has 1 aliphatic heterocycles. The number of hydrogen-bond donors (Lipinski definition) is 1.